The predicted molar refractivity (Wildman–Crippen MR) is 150 cm³/mol. The summed E-state index contributed by atoms with van der Waals surface area (Å²) in [5.74, 6) is 1.86. The maximum absolute atomic E-state index is 6.84. The molecule has 0 amide bonds. The second-order valence-electron chi connectivity index (χ2n) is 10.2. The Labute approximate surface area is 211 Å². The van der Waals surface area contributed by atoms with Crippen molar-refractivity contribution in [1.29, 1.82) is 0 Å². The van der Waals surface area contributed by atoms with Gasteiger partial charge in [0.25, 0.3) is 0 Å². The third-order valence-corrected chi connectivity index (χ3v) is 7.70. The van der Waals surface area contributed by atoms with Gasteiger partial charge in [0.15, 0.2) is 0 Å². The van der Waals surface area contributed by atoms with Crippen LogP contribution < -0.4 is 0 Å². The van der Waals surface area contributed by atoms with E-state index >= 15 is 0 Å². The average Bonchev–Trinajstić information content (AvgIpc) is 3.43. The number of rotatable bonds is 3. The minimum absolute atomic E-state index is 0.0445. The molecule has 5 aromatic carbocycles. The van der Waals surface area contributed by atoms with Gasteiger partial charge in [0.1, 0.15) is 11.5 Å². The lowest BCUT2D eigenvalue weighted by atomic mass is 9.82. The van der Waals surface area contributed by atoms with E-state index < -0.39 is 0 Å². The number of benzene rings is 5. The monoisotopic (exact) mass is 462 g/mol. The molecule has 1 heterocycles. The molecule has 36 heavy (non-hydrogen) atoms. The largest absolute Gasteiger partial charge is 0.455 e. The highest BCUT2D eigenvalue weighted by atomic mass is 16.3. The first-order valence-electron chi connectivity index (χ1n) is 12.5. The molecule has 6 aromatic rings. The fourth-order valence-corrected chi connectivity index (χ4v) is 5.92. The van der Waals surface area contributed by atoms with Crippen LogP contribution in [-0.2, 0) is 5.41 Å². The van der Waals surface area contributed by atoms with Gasteiger partial charge in [-0.05, 0) is 39.4 Å². The van der Waals surface area contributed by atoms with Crippen LogP contribution in [0.3, 0.4) is 0 Å². The third-order valence-electron chi connectivity index (χ3n) is 7.70. The highest BCUT2D eigenvalue weighted by Gasteiger charge is 2.37. The van der Waals surface area contributed by atoms with Gasteiger partial charge in [0.2, 0.25) is 0 Å². The number of hydrogen-bond acceptors (Lipinski definition) is 1. The van der Waals surface area contributed by atoms with Crippen molar-refractivity contribution in [2.45, 2.75) is 19.3 Å². The number of furan rings is 1. The Balaban J connectivity index is 1.47. The van der Waals surface area contributed by atoms with Gasteiger partial charge in [0.05, 0.1) is 0 Å². The Kier molecular flexibility index (Phi) is 4.56. The van der Waals surface area contributed by atoms with Crippen LogP contribution in [-0.4, -0.2) is 0 Å². The fraction of sp³-hybridized carbons (Fsp3) is 0.0857. The first kappa shape index (κ1) is 21.0. The molecule has 0 fully saturated rings. The van der Waals surface area contributed by atoms with Crippen molar-refractivity contribution in [3.05, 3.63) is 132 Å². The summed E-state index contributed by atoms with van der Waals surface area (Å²) in [6, 6.07) is 43.2. The van der Waals surface area contributed by atoms with Crippen LogP contribution in [0, 0.1) is 0 Å². The minimum Gasteiger partial charge on any atom is -0.455 e. The zero-order chi connectivity index (χ0) is 24.3. The molecular formula is C35H26O. The van der Waals surface area contributed by atoms with Crippen molar-refractivity contribution in [3.8, 4) is 44.9 Å². The Morgan fingerprint density at radius 3 is 1.89 bits per heavy atom. The van der Waals surface area contributed by atoms with E-state index in [-0.39, 0.29) is 5.41 Å². The van der Waals surface area contributed by atoms with Crippen molar-refractivity contribution in [2.75, 3.05) is 0 Å². The molecule has 0 N–H and O–H groups in total. The van der Waals surface area contributed by atoms with E-state index in [9.17, 15) is 0 Å². The lowest BCUT2D eigenvalue weighted by molar-refractivity contribution is 0.602. The van der Waals surface area contributed by atoms with E-state index in [1.165, 1.54) is 33.4 Å². The first-order chi connectivity index (χ1) is 17.6. The molecule has 0 saturated carbocycles. The average molecular weight is 463 g/mol. The second kappa shape index (κ2) is 7.83. The Morgan fingerprint density at radius 1 is 0.472 bits per heavy atom. The fourth-order valence-electron chi connectivity index (χ4n) is 5.92. The summed E-state index contributed by atoms with van der Waals surface area (Å²) in [6.45, 7) is 4.64. The normalized spacial score (nSPS) is 13.5. The maximum atomic E-state index is 6.84. The molecule has 0 unspecified atom stereocenters. The van der Waals surface area contributed by atoms with Gasteiger partial charge in [0, 0.05) is 27.3 Å². The molecule has 7 rings (SSSR count). The molecule has 1 aliphatic rings. The number of hydrogen-bond donors (Lipinski definition) is 0. The standard InChI is InChI=1S/C35H26O/c1-35(2)30-20-9-8-18-28(30)32-29(19-11-21-31(32)35)34-27-17-7-6-16-26(27)33(36-34)25-15-10-14-24(22-25)23-12-4-3-5-13-23/h3-22H,1-2H3. The van der Waals surface area contributed by atoms with Crippen LogP contribution >= 0.6 is 0 Å². The van der Waals surface area contributed by atoms with Gasteiger partial charge in [-0.2, -0.15) is 0 Å². The molecule has 0 spiro atoms. The Bertz CT molecular complexity index is 1750. The molecule has 0 aliphatic heterocycles. The van der Waals surface area contributed by atoms with Crippen molar-refractivity contribution >= 4 is 10.8 Å². The summed E-state index contributed by atoms with van der Waals surface area (Å²) in [4.78, 5) is 0. The van der Waals surface area contributed by atoms with Crippen molar-refractivity contribution in [1.82, 2.24) is 0 Å². The third kappa shape index (κ3) is 3.03. The lowest BCUT2D eigenvalue weighted by Gasteiger charge is -2.21. The van der Waals surface area contributed by atoms with E-state index in [2.05, 4.69) is 135 Å². The van der Waals surface area contributed by atoms with Crippen LogP contribution in [0.25, 0.3) is 55.7 Å². The van der Waals surface area contributed by atoms with E-state index in [4.69, 9.17) is 4.42 Å². The molecule has 0 atom stereocenters. The van der Waals surface area contributed by atoms with E-state index in [0.717, 1.165) is 33.4 Å². The van der Waals surface area contributed by atoms with Crippen LogP contribution in [0.2, 0.25) is 0 Å². The first-order valence-corrected chi connectivity index (χ1v) is 12.5. The smallest absolute Gasteiger partial charge is 0.143 e. The molecule has 0 radical (unpaired) electrons. The van der Waals surface area contributed by atoms with E-state index in [1.54, 1.807) is 0 Å². The number of fused-ring (bicyclic) bond motifs is 4. The topological polar surface area (TPSA) is 13.1 Å². The molecule has 172 valence electrons. The summed E-state index contributed by atoms with van der Waals surface area (Å²) in [5.41, 5.74) is 9.93. The van der Waals surface area contributed by atoms with Gasteiger partial charge in [-0.25, -0.2) is 0 Å². The quantitative estimate of drug-likeness (QED) is 0.255. The van der Waals surface area contributed by atoms with Crippen LogP contribution in [0.1, 0.15) is 25.0 Å². The zero-order valence-corrected chi connectivity index (χ0v) is 20.5. The van der Waals surface area contributed by atoms with Gasteiger partial charge in [-0.15, -0.1) is 0 Å². The molecular weight excluding hydrogens is 436 g/mol. The summed E-state index contributed by atoms with van der Waals surface area (Å²) < 4.78 is 6.84. The highest BCUT2D eigenvalue weighted by Crippen LogP contribution is 2.53. The molecule has 0 bridgehead atoms. The van der Waals surface area contributed by atoms with Crippen LogP contribution in [0.15, 0.2) is 126 Å². The lowest BCUT2D eigenvalue weighted by Crippen LogP contribution is -2.14. The molecule has 1 heteroatoms. The predicted octanol–water partition coefficient (Wildman–Crippen LogP) is 9.74. The van der Waals surface area contributed by atoms with Crippen molar-refractivity contribution in [2.24, 2.45) is 0 Å². The Hall–Kier alpha value is -4.36. The van der Waals surface area contributed by atoms with E-state index in [1.807, 2.05) is 0 Å². The zero-order valence-electron chi connectivity index (χ0n) is 20.5. The van der Waals surface area contributed by atoms with Crippen LogP contribution in [0.4, 0.5) is 0 Å². The van der Waals surface area contributed by atoms with Gasteiger partial charge in [-0.3, -0.25) is 0 Å². The van der Waals surface area contributed by atoms with E-state index in [0.29, 0.717) is 0 Å². The SMILES string of the molecule is CC1(C)c2ccccc2-c2c(-c3oc(-c4cccc(-c5ccccc5)c4)c4ccccc34)cccc21. The summed E-state index contributed by atoms with van der Waals surface area (Å²) in [6.07, 6.45) is 0. The second-order valence-corrected chi connectivity index (χ2v) is 10.2. The van der Waals surface area contributed by atoms with Crippen molar-refractivity contribution < 1.29 is 4.42 Å². The molecule has 0 saturated heterocycles. The summed E-state index contributed by atoms with van der Waals surface area (Å²) >= 11 is 0. The Morgan fingerprint density at radius 2 is 1.06 bits per heavy atom. The molecule has 1 nitrogen and oxygen atoms in total. The summed E-state index contributed by atoms with van der Waals surface area (Å²) in [7, 11) is 0. The minimum atomic E-state index is -0.0445. The van der Waals surface area contributed by atoms with Crippen LogP contribution in [0.5, 0.6) is 0 Å². The molecule has 1 aromatic heterocycles. The highest BCUT2D eigenvalue weighted by molar-refractivity contribution is 6.06. The van der Waals surface area contributed by atoms with Gasteiger partial charge < -0.3 is 4.42 Å². The summed E-state index contributed by atoms with van der Waals surface area (Å²) in [5, 5.41) is 2.29. The maximum Gasteiger partial charge on any atom is 0.143 e. The van der Waals surface area contributed by atoms with Gasteiger partial charge in [-0.1, -0.05) is 129 Å². The molecule has 1 aliphatic carbocycles. The van der Waals surface area contributed by atoms with Gasteiger partial charge >= 0.3 is 0 Å². The van der Waals surface area contributed by atoms with Crippen molar-refractivity contribution in [3.63, 3.8) is 0 Å².